The largest absolute Gasteiger partial charge is 0.373 e. The second kappa shape index (κ2) is 5.12. The fraction of sp³-hybridized carbons (Fsp3) is 0.200. The van der Waals surface area contributed by atoms with Crippen LogP contribution in [-0.4, -0.2) is 4.92 Å². The van der Waals surface area contributed by atoms with Crippen molar-refractivity contribution in [3.8, 4) is 0 Å². The van der Waals surface area contributed by atoms with E-state index < -0.39 is 10.7 Å². The molecule has 0 saturated heterocycles. The predicted molar refractivity (Wildman–Crippen MR) is 74.1 cm³/mol. The zero-order chi connectivity index (χ0) is 15.0. The quantitative estimate of drug-likeness (QED) is 0.687. The number of fused-ring (bicyclic) bond motifs is 1. The minimum atomic E-state index is -0.566. The molecule has 0 aromatic heterocycles. The van der Waals surface area contributed by atoms with Gasteiger partial charge in [-0.1, -0.05) is 12.1 Å². The first-order chi connectivity index (χ1) is 10.1. The molecule has 4 nitrogen and oxygen atoms in total. The van der Waals surface area contributed by atoms with Crippen molar-refractivity contribution in [3.05, 3.63) is 69.3 Å². The topological polar surface area (TPSA) is 55.2 Å². The zero-order valence-electron chi connectivity index (χ0n) is 11.0. The molecule has 0 fully saturated rings. The number of nitro benzene ring substituents is 1. The normalized spacial score (nSPS) is 16.6. The first-order valence-corrected chi connectivity index (χ1v) is 6.54. The second-order valence-electron chi connectivity index (χ2n) is 4.96. The third-order valence-electron chi connectivity index (χ3n) is 3.70. The Bertz CT molecular complexity index is 719. The number of halogens is 2. The smallest absolute Gasteiger partial charge is 0.292 e. The van der Waals surface area contributed by atoms with Gasteiger partial charge in [0.1, 0.15) is 17.3 Å². The lowest BCUT2D eigenvalue weighted by Crippen LogP contribution is -2.09. The van der Waals surface area contributed by atoms with Crippen LogP contribution in [0.2, 0.25) is 0 Å². The Kier molecular flexibility index (Phi) is 3.29. The van der Waals surface area contributed by atoms with Crippen LogP contribution in [0.15, 0.2) is 36.4 Å². The number of hydrogen-bond acceptors (Lipinski definition) is 3. The van der Waals surface area contributed by atoms with Crippen LogP contribution in [0.1, 0.15) is 23.6 Å². The van der Waals surface area contributed by atoms with Crippen molar-refractivity contribution in [2.75, 3.05) is 5.32 Å². The van der Waals surface area contributed by atoms with Crippen molar-refractivity contribution in [1.29, 1.82) is 0 Å². The molecule has 21 heavy (non-hydrogen) atoms. The van der Waals surface area contributed by atoms with Crippen molar-refractivity contribution >= 4 is 11.4 Å². The zero-order valence-corrected chi connectivity index (χ0v) is 11.0. The summed E-state index contributed by atoms with van der Waals surface area (Å²) in [6, 6.07) is 7.80. The van der Waals surface area contributed by atoms with Gasteiger partial charge in [0.15, 0.2) is 0 Å². The van der Waals surface area contributed by atoms with E-state index in [0.717, 1.165) is 23.8 Å². The first kappa shape index (κ1) is 13.5. The number of benzene rings is 2. The van der Waals surface area contributed by atoms with Gasteiger partial charge in [0.25, 0.3) is 5.69 Å². The third kappa shape index (κ3) is 2.44. The van der Waals surface area contributed by atoms with E-state index in [1.807, 2.05) is 0 Å². The molecular formula is C15H12F2N2O2. The van der Waals surface area contributed by atoms with Crippen LogP contribution in [0.5, 0.6) is 0 Å². The third-order valence-corrected chi connectivity index (χ3v) is 3.70. The molecule has 1 aliphatic carbocycles. The summed E-state index contributed by atoms with van der Waals surface area (Å²) in [5.41, 5.74) is 1.31. The van der Waals surface area contributed by atoms with Crippen molar-refractivity contribution in [2.24, 2.45) is 0 Å². The molecule has 108 valence electrons. The molecule has 1 atom stereocenters. The lowest BCUT2D eigenvalue weighted by molar-refractivity contribution is -0.384. The van der Waals surface area contributed by atoms with Gasteiger partial charge in [-0.15, -0.1) is 0 Å². The number of rotatable bonds is 3. The molecule has 2 aromatic carbocycles. The minimum Gasteiger partial charge on any atom is -0.373 e. The average molecular weight is 290 g/mol. The lowest BCUT2D eigenvalue weighted by Gasteiger charge is -2.15. The maximum absolute atomic E-state index is 13.7. The molecule has 0 amide bonds. The predicted octanol–water partition coefficient (Wildman–Crippen LogP) is 3.97. The molecule has 3 rings (SSSR count). The number of anilines is 1. The molecule has 0 saturated carbocycles. The standard InChI is InChI=1S/C15H12F2N2O2/c16-9-4-7-15(19(20)21)14(8-9)18-13-6-5-10-11(13)2-1-3-12(10)17/h1-4,7-8,13,18H,5-6H2. The van der Waals surface area contributed by atoms with E-state index in [-0.39, 0.29) is 23.2 Å². The molecule has 2 aromatic rings. The van der Waals surface area contributed by atoms with Crippen LogP contribution in [-0.2, 0) is 6.42 Å². The second-order valence-corrected chi connectivity index (χ2v) is 4.96. The van der Waals surface area contributed by atoms with Crippen LogP contribution < -0.4 is 5.32 Å². The first-order valence-electron chi connectivity index (χ1n) is 6.54. The summed E-state index contributed by atoms with van der Waals surface area (Å²) in [5.74, 6) is -0.828. The number of nitrogens with one attached hydrogen (secondary N) is 1. The van der Waals surface area contributed by atoms with Gasteiger partial charge in [-0.25, -0.2) is 8.78 Å². The van der Waals surface area contributed by atoms with Gasteiger partial charge in [0.2, 0.25) is 0 Å². The molecule has 0 bridgehead atoms. The lowest BCUT2D eigenvalue weighted by atomic mass is 10.1. The summed E-state index contributed by atoms with van der Waals surface area (Å²) in [6.45, 7) is 0. The van der Waals surface area contributed by atoms with E-state index in [1.54, 1.807) is 12.1 Å². The molecule has 1 aliphatic rings. The summed E-state index contributed by atoms with van der Waals surface area (Å²) in [4.78, 5) is 10.4. The van der Waals surface area contributed by atoms with E-state index in [4.69, 9.17) is 0 Å². The molecule has 0 radical (unpaired) electrons. The van der Waals surface area contributed by atoms with E-state index in [9.17, 15) is 18.9 Å². The van der Waals surface area contributed by atoms with Gasteiger partial charge in [-0.05, 0) is 36.1 Å². The highest BCUT2D eigenvalue weighted by Crippen LogP contribution is 2.37. The van der Waals surface area contributed by atoms with Crippen molar-refractivity contribution in [2.45, 2.75) is 18.9 Å². The van der Waals surface area contributed by atoms with Gasteiger partial charge >= 0.3 is 0 Å². The maximum atomic E-state index is 13.7. The van der Waals surface area contributed by atoms with Crippen LogP contribution in [0.3, 0.4) is 0 Å². The highest BCUT2D eigenvalue weighted by Gasteiger charge is 2.26. The molecule has 1 unspecified atom stereocenters. The van der Waals surface area contributed by atoms with Crippen LogP contribution in [0, 0.1) is 21.7 Å². The molecule has 6 heteroatoms. The van der Waals surface area contributed by atoms with E-state index in [1.165, 1.54) is 6.07 Å². The SMILES string of the molecule is O=[N+]([O-])c1ccc(F)cc1NC1CCc2c(F)cccc21. The summed E-state index contributed by atoms with van der Waals surface area (Å²) >= 11 is 0. The highest BCUT2D eigenvalue weighted by molar-refractivity contribution is 5.63. The number of nitro groups is 1. The maximum Gasteiger partial charge on any atom is 0.292 e. The Balaban J connectivity index is 1.95. The van der Waals surface area contributed by atoms with Gasteiger partial charge in [-0.3, -0.25) is 10.1 Å². The van der Waals surface area contributed by atoms with E-state index in [2.05, 4.69) is 5.32 Å². The van der Waals surface area contributed by atoms with E-state index >= 15 is 0 Å². The molecule has 0 spiro atoms. The fourth-order valence-corrected chi connectivity index (χ4v) is 2.73. The molecule has 0 aliphatic heterocycles. The van der Waals surface area contributed by atoms with Gasteiger partial charge < -0.3 is 5.32 Å². The monoisotopic (exact) mass is 290 g/mol. The van der Waals surface area contributed by atoms with Crippen LogP contribution in [0.4, 0.5) is 20.2 Å². The fourth-order valence-electron chi connectivity index (χ4n) is 2.73. The average Bonchev–Trinajstić information content (AvgIpc) is 2.83. The molecular weight excluding hydrogens is 278 g/mol. The summed E-state index contributed by atoms with van der Waals surface area (Å²) in [7, 11) is 0. The van der Waals surface area contributed by atoms with Crippen LogP contribution >= 0.6 is 0 Å². The minimum absolute atomic E-state index is 0.113. The van der Waals surface area contributed by atoms with Gasteiger partial charge in [-0.2, -0.15) is 0 Å². The van der Waals surface area contributed by atoms with E-state index in [0.29, 0.717) is 18.4 Å². The van der Waals surface area contributed by atoms with Gasteiger partial charge in [0.05, 0.1) is 11.0 Å². The number of nitrogens with zero attached hydrogens (tertiary/aromatic N) is 1. The molecule has 0 heterocycles. The summed E-state index contributed by atoms with van der Waals surface area (Å²) in [6.07, 6.45) is 1.17. The molecule has 1 N–H and O–H groups in total. The Hall–Kier alpha value is -2.50. The van der Waals surface area contributed by atoms with Crippen LogP contribution in [0.25, 0.3) is 0 Å². The summed E-state index contributed by atoms with van der Waals surface area (Å²) < 4.78 is 27.0. The van der Waals surface area contributed by atoms with Crippen molar-refractivity contribution in [3.63, 3.8) is 0 Å². The Morgan fingerprint density at radius 3 is 2.81 bits per heavy atom. The Labute approximate surface area is 119 Å². The van der Waals surface area contributed by atoms with Crippen molar-refractivity contribution in [1.82, 2.24) is 0 Å². The number of hydrogen-bond donors (Lipinski definition) is 1. The Morgan fingerprint density at radius 1 is 1.24 bits per heavy atom. The van der Waals surface area contributed by atoms with Crippen molar-refractivity contribution < 1.29 is 13.7 Å². The highest BCUT2D eigenvalue weighted by atomic mass is 19.1. The summed E-state index contributed by atoms with van der Waals surface area (Å²) in [5, 5.41) is 14.0. The Morgan fingerprint density at radius 2 is 2.05 bits per heavy atom. The van der Waals surface area contributed by atoms with Gasteiger partial charge in [0, 0.05) is 12.1 Å².